The molecule has 1 aliphatic rings. The van der Waals surface area contributed by atoms with Gasteiger partial charge in [0.2, 0.25) is 0 Å². The molecule has 1 fully saturated rings. The fourth-order valence-corrected chi connectivity index (χ4v) is 2.16. The second-order valence-electron chi connectivity index (χ2n) is 4.32. The van der Waals surface area contributed by atoms with Crippen LogP contribution in [0.2, 0.25) is 0 Å². The third-order valence-electron chi connectivity index (χ3n) is 2.71. The van der Waals surface area contributed by atoms with Crippen LogP contribution in [0.4, 0.5) is 0 Å². The number of hydrogen-bond donors (Lipinski definition) is 1. The lowest BCUT2D eigenvalue weighted by Gasteiger charge is -2.23. The lowest BCUT2D eigenvalue weighted by molar-refractivity contribution is 0.0771. The van der Waals surface area contributed by atoms with E-state index in [9.17, 15) is 0 Å². The number of morpholine rings is 1. The first-order valence-electron chi connectivity index (χ1n) is 5.84. The Balaban J connectivity index is 1.93. The summed E-state index contributed by atoms with van der Waals surface area (Å²) in [5.74, 6) is 0. The molecule has 1 aromatic rings. The van der Waals surface area contributed by atoms with E-state index in [0.717, 1.165) is 36.3 Å². The number of halogens is 1. The zero-order chi connectivity index (χ0) is 12.1. The quantitative estimate of drug-likeness (QED) is 0.931. The van der Waals surface area contributed by atoms with Crippen molar-refractivity contribution in [1.29, 1.82) is 0 Å². The van der Waals surface area contributed by atoms with Crippen molar-refractivity contribution in [3.8, 4) is 0 Å². The molecule has 2 rings (SSSR count). The molecule has 0 aliphatic carbocycles. The molecule has 92 valence electrons. The SMILES string of the molecule is C/C(=C/c1ccc(Br)cn1)CC1COCCN1. The molecule has 0 aromatic carbocycles. The summed E-state index contributed by atoms with van der Waals surface area (Å²) in [4.78, 5) is 4.34. The van der Waals surface area contributed by atoms with Crippen LogP contribution in [0.1, 0.15) is 19.0 Å². The molecule has 3 nitrogen and oxygen atoms in total. The highest BCUT2D eigenvalue weighted by molar-refractivity contribution is 9.10. The van der Waals surface area contributed by atoms with E-state index < -0.39 is 0 Å². The molecule has 0 amide bonds. The van der Waals surface area contributed by atoms with E-state index in [2.05, 4.69) is 39.2 Å². The summed E-state index contributed by atoms with van der Waals surface area (Å²) in [6, 6.07) is 4.46. The van der Waals surface area contributed by atoms with E-state index >= 15 is 0 Å². The van der Waals surface area contributed by atoms with Crippen molar-refractivity contribution in [3.05, 3.63) is 34.1 Å². The van der Waals surface area contributed by atoms with Gasteiger partial charge >= 0.3 is 0 Å². The van der Waals surface area contributed by atoms with Crippen LogP contribution in [0.5, 0.6) is 0 Å². The van der Waals surface area contributed by atoms with Crippen LogP contribution >= 0.6 is 15.9 Å². The van der Waals surface area contributed by atoms with Gasteiger partial charge in [0, 0.05) is 23.3 Å². The smallest absolute Gasteiger partial charge is 0.0629 e. The largest absolute Gasteiger partial charge is 0.379 e. The number of pyridine rings is 1. The van der Waals surface area contributed by atoms with Gasteiger partial charge in [-0.05, 0) is 47.5 Å². The average molecular weight is 297 g/mol. The van der Waals surface area contributed by atoms with E-state index in [-0.39, 0.29) is 0 Å². The monoisotopic (exact) mass is 296 g/mol. The predicted molar refractivity (Wildman–Crippen MR) is 72.8 cm³/mol. The standard InChI is InChI=1S/C13H17BrN2O/c1-10(7-13-9-17-5-4-15-13)6-12-3-2-11(14)8-16-12/h2-3,6,8,13,15H,4-5,7,9H2,1H3/b10-6-. The first-order valence-corrected chi connectivity index (χ1v) is 6.63. The van der Waals surface area contributed by atoms with E-state index in [4.69, 9.17) is 4.74 Å². The zero-order valence-corrected chi connectivity index (χ0v) is 11.5. The zero-order valence-electron chi connectivity index (χ0n) is 9.95. The third kappa shape index (κ3) is 4.22. The Morgan fingerprint density at radius 3 is 3.18 bits per heavy atom. The van der Waals surface area contributed by atoms with Crippen molar-refractivity contribution >= 4 is 22.0 Å². The van der Waals surface area contributed by atoms with Crippen molar-refractivity contribution in [2.24, 2.45) is 0 Å². The number of aromatic nitrogens is 1. The van der Waals surface area contributed by atoms with E-state index in [0.29, 0.717) is 6.04 Å². The van der Waals surface area contributed by atoms with E-state index in [1.54, 1.807) is 0 Å². The first kappa shape index (κ1) is 12.7. The van der Waals surface area contributed by atoms with Crippen LogP contribution in [-0.4, -0.2) is 30.8 Å². The van der Waals surface area contributed by atoms with Crippen LogP contribution in [0, 0.1) is 0 Å². The maximum absolute atomic E-state index is 5.44. The van der Waals surface area contributed by atoms with Gasteiger partial charge in [0.1, 0.15) is 0 Å². The molecule has 1 unspecified atom stereocenters. The molecule has 2 heterocycles. The maximum atomic E-state index is 5.44. The summed E-state index contributed by atoms with van der Waals surface area (Å²) in [7, 11) is 0. The normalized spacial score (nSPS) is 21.5. The summed E-state index contributed by atoms with van der Waals surface area (Å²) in [5, 5.41) is 3.45. The molecule has 0 spiro atoms. The van der Waals surface area contributed by atoms with Crippen molar-refractivity contribution < 1.29 is 4.74 Å². The molecule has 1 N–H and O–H groups in total. The summed E-state index contributed by atoms with van der Waals surface area (Å²) in [6.07, 6.45) is 4.96. The molecule has 1 atom stereocenters. The summed E-state index contributed by atoms with van der Waals surface area (Å²) < 4.78 is 6.45. The minimum Gasteiger partial charge on any atom is -0.379 e. The fraction of sp³-hybridized carbons (Fsp3) is 0.462. The molecule has 0 saturated carbocycles. The van der Waals surface area contributed by atoms with Gasteiger partial charge in [0.25, 0.3) is 0 Å². The summed E-state index contributed by atoms with van der Waals surface area (Å²) in [5.41, 5.74) is 2.32. The molecule has 1 saturated heterocycles. The lowest BCUT2D eigenvalue weighted by Crippen LogP contribution is -2.41. The molecule has 17 heavy (non-hydrogen) atoms. The van der Waals surface area contributed by atoms with Gasteiger partial charge in [0.05, 0.1) is 18.9 Å². The van der Waals surface area contributed by atoms with Gasteiger partial charge in [-0.1, -0.05) is 5.57 Å². The highest BCUT2D eigenvalue weighted by Crippen LogP contribution is 2.13. The first-order chi connectivity index (χ1) is 8.24. The van der Waals surface area contributed by atoms with Gasteiger partial charge in [-0.3, -0.25) is 4.98 Å². The van der Waals surface area contributed by atoms with Crippen LogP contribution < -0.4 is 5.32 Å². The summed E-state index contributed by atoms with van der Waals surface area (Å²) >= 11 is 3.38. The number of nitrogens with zero attached hydrogens (tertiary/aromatic N) is 1. The van der Waals surface area contributed by atoms with Crippen LogP contribution in [0.25, 0.3) is 6.08 Å². The molecule has 0 bridgehead atoms. The van der Waals surface area contributed by atoms with Gasteiger partial charge in [0.15, 0.2) is 0 Å². The van der Waals surface area contributed by atoms with Crippen LogP contribution in [-0.2, 0) is 4.74 Å². The Labute approximate surface area is 110 Å². The molecular weight excluding hydrogens is 280 g/mol. The van der Waals surface area contributed by atoms with Crippen molar-refractivity contribution in [3.63, 3.8) is 0 Å². The lowest BCUT2D eigenvalue weighted by atomic mass is 10.1. The van der Waals surface area contributed by atoms with Gasteiger partial charge < -0.3 is 10.1 Å². The predicted octanol–water partition coefficient (Wildman–Crippen LogP) is 2.63. The Hall–Kier alpha value is -0.710. The highest BCUT2D eigenvalue weighted by Gasteiger charge is 2.12. The number of nitrogens with one attached hydrogen (secondary N) is 1. The number of hydrogen-bond acceptors (Lipinski definition) is 3. The fourth-order valence-electron chi connectivity index (χ4n) is 1.92. The van der Waals surface area contributed by atoms with E-state index in [1.165, 1.54) is 5.57 Å². The minimum atomic E-state index is 0.440. The van der Waals surface area contributed by atoms with Gasteiger partial charge in [-0.15, -0.1) is 0 Å². The number of ether oxygens (including phenoxy) is 1. The van der Waals surface area contributed by atoms with Crippen molar-refractivity contribution in [1.82, 2.24) is 10.3 Å². The Morgan fingerprint density at radius 1 is 1.65 bits per heavy atom. The minimum absolute atomic E-state index is 0.440. The molecule has 4 heteroatoms. The average Bonchev–Trinajstić information content (AvgIpc) is 2.33. The molecule has 0 radical (unpaired) electrons. The second-order valence-corrected chi connectivity index (χ2v) is 5.24. The second kappa shape index (κ2) is 6.28. The van der Waals surface area contributed by atoms with Crippen molar-refractivity contribution in [2.75, 3.05) is 19.8 Å². The van der Waals surface area contributed by atoms with Crippen molar-refractivity contribution in [2.45, 2.75) is 19.4 Å². The topological polar surface area (TPSA) is 34.1 Å². The van der Waals surface area contributed by atoms with Crippen LogP contribution in [0.3, 0.4) is 0 Å². The number of rotatable bonds is 3. The third-order valence-corrected chi connectivity index (χ3v) is 3.18. The van der Waals surface area contributed by atoms with Crippen LogP contribution in [0.15, 0.2) is 28.4 Å². The Morgan fingerprint density at radius 2 is 2.53 bits per heavy atom. The Kier molecular flexibility index (Phi) is 4.71. The van der Waals surface area contributed by atoms with E-state index in [1.807, 2.05) is 18.3 Å². The molecular formula is C13H17BrN2O. The molecule has 1 aromatic heterocycles. The highest BCUT2D eigenvalue weighted by atomic mass is 79.9. The summed E-state index contributed by atoms with van der Waals surface area (Å²) in [6.45, 7) is 4.72. The van der Waals surface area contributed by atoms with Gasteiger partial charge in [-0.2, -0.15) is 0 Å². The molecule has 1 aliphatic heterocycles. The van der Waals surface area contributed by atoms with Gasteiger partial charge in [-0.25, -0.2) is 0 Å². The maximum Gasteiger partial charge on any atom is 0.0629 e. The Bertz CT molecular complexity index is 383.